The molecule has 0 radical (unpaired) electrons. The van der Waals surface area contributed by atoms with E-state index < -0.39 is 5.92 Å². The molecule has 6 nitrogen and oxygen atoms in total. The topological polar surface area (TPSA) is 75.3 Å². The number of amides is 1. The Labute approximate surface area is 133 Å². The molecule has 122 valence electrons. The highest BCUT2D eigenvalue weighted by Gasteiger charge is 2.23. The lowest BCUT2D eigenvalue weighted by Crippen LogP contribution is -2.34. The molecular formula is C16H18FN3O3. The summed E-state index contributed by atoms with van der Waals surface area (Å²) in [6.07, 6.45) is 1.42. The van der Waals surface area contributed by atoms with Crippen molar-refractivity contribution in [3.63, 3.8) is 0 Å². The van der Waals surface area contributed by atoms with Crippen molar-refractivity contribution in [1.29, 1.82) is 0 Å². The van der Waals surface area contributed by atoms with Gasteiger partial charge in [-0.3, -0.25) is 14.7 Å². The maximum Gasteiger partial charge on any atom is 0.310 e. The number of carbonyl (C=O) groups excluding carboxylic acids is 2. The minimum atomic E-state index is -0.435. The Morgan fingerprint density at radius 2 is 2.00 bits per heavy atom. The number of nitrogens with zero attached hydrogens (tertiary/aromatic N) is 2. The summed E-state index contributed by atoms with van der Waals surface area (Å²) < 4.78 is 17.7. The van der Waals surface area contributed by atoms with Gasteiger partial charge in [-0.25, -0.2) is 4.39 Å². The summed E-state index contributed by atoms with van der Waals surface area (Å²) in [5.41, 5.74) is 1.52. The van der Waals surface area contributed by atoms with Crippen molar-refractivity contribution in [3.8, 4) is 11.3 Å². The van der Waals surface area contributed by atoms with Crippen molar-refractivity contribution < 1.29 is 18.7 Å². The molecule has 0 aliphatic rings. The van der Waals surface area contributed by atoms with Crippen LogP contribution in [0.1, 0.15) is 17.3 Å². The van der Waals surface area contributed by atoms with E-state index in [1.165, 1.54) is 30.3 Å². The van der Waals surface area contributed by atoms with Gasteiger partial charge < -0.3 is 9.64 Å². The molecule has 0 aliphatic heterocycles. The van der Waals surface area contributed by atoms with E-state index in [1.807, 2.05) is 0 Å². The lowest BCUT2D eigenvalue weighted by atomic mass is 10.1. The fourth-order valence-corrected chi connectivity index (χ4v) is 2.26. The van der Waals surface area contributed by atoms with E-state index in [2.05, 4.69) is 14.9 Å². The first-order valence-electron chi connectivity index (χ1n) is 7.06. The fraction of sp³-hybridized carbons (Fsp3) is 0.312. The first-order valence-corrected chi connectivity index (χ1v) is 7.06. The van der Waals surface area contributed by atoms with Gasteiger partial charge in [-0.05, 0) is 24.3 Å². The standard InChI is InChI=1S/C16H18FN3O3/c1-10(16(22)23-3)9-20(2)15(21)13-8-18-19-14(13)11-4-6-12(17)7-5-11/h4-8,10H,9H2,1-3H3,(H,18,19)/t10-/m0/s1. The van der Waals surface area contributed by atoms with Gasteiger partial charge in [0.15, 0.2) is 0 Å². The number of methoxy groups -OCH3 is 1. The summed E-state index contributed by atoms with van der Waals surface area (Å²) in [7, 11) is 2.91. The monoisotopic (exact) mass is 319 g/mol. The Balaban J connectivity index is 2.19. The van der Waals surface area contributed by atoms with Gasteiger partial charge in [-0.1, -0.05) is 6.92 Å². The number of carbonyl (C=O) groups is 2. The quantitative estimate of drug-likeness (QED) is 0.856. The molecule has 0 saturated carbocycles. The first-order chi connectivity index (χ1) is 10.9. The molecule has 0 bridgehead atoms. The number of hydrogen-bond acceptors (Lipinski definition) is 4. The van der Waals surface area contributed by atoms with Gasteiger partial charge in [0.05, 0.1) is 30.5 Å². The van der Waals surface area contributed by atoms with Crippen LogP contribution in [0.5, 0.6) is 0 Å². The number of aromatic amines is 1. The van der Waals surface area contributed by atoms with Crippen LogP contribution in [0.3, 0.4) is 0 Å². The molecule has 0 fully saturated rings. The van der Waals surface area contributed by atoms with E-state index in [9.17, 15) is 14.0 Å². The molecule has 1 aromatic carbocycles. The second kappa shape index (κ2) is 7.04. The van der Waals surface area contributed by atoms with Crippen LogP contribution < -0.4 is 0 Å². The zero-order valence-corrected chi connectivity index (χ0v) is 13.2. The number of ether oxygens (including phenoxy) is 1. The van der Waals surface area contributed by atoms with Crippen LogP contribution in [-0.2, 0) is 9.53 Å². The van der Waals surface area contributed by atoms with E-state index in [0.717, 1.165) is 0 Å². The zero-order chi connectivity index (χ0) is 17.0. The highest BCUT2D eigenvalue weighted by atomic mass is 19.1. The van der Waals surface area contributed by atoms with Crippen LogP contribution in [0.15, 0.2) is 30.5 Å². The number of halogens is 1. The Hall–Kier alpha value is -2.70. The Morgan fingerprint density at radius 3 is 2.61 bits per heavy atom. The third-order valence-electron chi connectivity index (χ3n) is 3.50. The van der Waals surface area contributed by atoms with Crippen LogP contribution in [0.4, 0.5) is 4.39 Å². The first kappa shape index (κ1) is 16.7. The molecule has 2 aromatic rings. The SMILES string of the molecule is COC(=O)[C@@H](C)CN(C)C(=O)c1cn[nH]c1-c1ccc(F)cc1. The van der Waals surface area contributed by atoms with E-state index in [-0.39, 0.29) is 24.2 Å². The average Bonchev–Trinajstić information content (AvgIpc) is 3.03. The Morgan fingerprint density at radius 1 is 1.35 bits per heavy atom. The number of H-pyrrole nitrogens is 1. The van der Waals surface area contributed by atoms with Crippen molar-refractivity contribution in [2.45, 2.75) is 6.92 Å². The third kappa shape index (κ3) is 3.74. The van der Waals surface area contributed by atoms with Crippen LogP contribution in [0, 0.1) is 11.7 Å². The third-order valence-corrected chi connectivity index (χ3v) is 3.50. The predicted octanol–water partition coefficient (Wildman–Crippen LogP) is 2.10. The molecule has 1 atom stereocenters. The molecule has 7 heteroatoms. The van der Waals surface area contributed by atoms with Crippen molar-refractivity contribution in [3.05, 3.63) is 41.8 Å². The van der Waals surface area contributed by atoms with E-state index in [0.29, 0.717) is 16.8 Å². The summed E-state index contributed by atoms with van der Waals surface area (Å²) in [5, 5.41) is 6.65. The zero-order valence-electron chi connectivity index (χ0n) is 13.2. The summed E-state index contributed by atoms with van der Waals surface area (Å²) in [5.74, 6) is -1.45. The second-order valence-electron chi connectivity index (χ2n) is 5.28. The van der Waals surface area contributed by atoms with Crippen LogP contribution in [-0.4, -0.2) is 47.7 Å². The van der Waals surface area contributed by atoms with Crippen molar-refractivity contribution in [1.82, 2.24) is 15.1 Å². The number of hydrogen-bond donors (Lipinski definition) is 1. The molecule has 2 rings (SSSR count). The summed E-state index contributed by atoms with van der Waals surface area (Å²) in [6, 6.07) is 5.76. The van der Waals surface area contributed by atoms with E-state index >= 15 is 0 Å². The van der Waals surface area contributed by atoms with Crippen molar-refractivity contribution >= 4 is 11.9 Å². The molecule has 1 heterocycles. The molecule has 1 amide bonds. The van der Waals surface area contributed by atoms with Gasteiger partial charge in [-0.2, -0.15) is 5.10 Å². The van der Waals surface area contributed by atoms with Crippen molar-refractivity contribution in [2.75, 3.05) is 20.7 Å². The van der Waals surface area contributed by atoms with Gasteiger partial charge >= 0.3 is 5.97 Å². The number of aromatic nitrogens is 2. The number of nitrogens with one attached hydrogen (secondary N) is 1. The second-order valence-corrected chi connectivity index (χ2v) is 5.28. The van der Waals surface area contributed by atoms with Gasteiger partial charge in [0.25, 0.3) is 5.91 Å². The number of benzene rings is 1. The fourth-order valence-electron chi connectivity index (χ4n) is 2.26. The Kier molecular flexibility index (Phi) is 5.10. The van der Waals surface area contributed by atoms with Gasteiger partial charge in [0.2, 0.25) is 0 Å². The minimum absolute atomic E-state index is 0.222. The maximum absolute atomic E-state index is 13.0. The highest BCUT2D eigenvalue weighted by molar-refractivity contribution is 5.99. The van der Waals surface area contributed by atoms with E-state index in [4.69, 9.17) is 0 Å². The lowest BCUT2D eigenvalue weighted by molar-refractivity contribution is -0.145. The number of rotatable bonds is 5. The maximum atomic E-state index is 13.0. The molecule has 1 N–H and O–H groups in total. The van der Waals surface area contributed by atoms with Gasteiger partial charge in [-0.15, -0.1) is 0 Å². The molecule has 0 spiro atoms. The summed E-state index contributed by atoms with van der Waals surface area (Å²) in [4.78, 5) is 25.4. The summed E-state index contributed by atoms with van der Waals surface area (Å²) >= 11 is 0. The molecule has 0 saturated heterocycles. The lowest BCUT2D eigenvalue weighted by Gasteiger charge is -2.20. The Bertz CT molecular complexity index is 697. The van der Waals surface area contributed by atoms with E-state index in [1.54, 1.807) is 26.1 Å². The molecule has 0 aliphatic carbocycles. The molecule has 1 aromatic heterocycles. The van der Waals surface area contributed by atoms with Gasteiger partial charge in [0, 0.05) is 19.2 Å². The largest absolute Gasteiger partial charge is 0.469 e. The normalized spacial score (nSPS) is 11.8. The minimum Gasteiger partial charge on any atom is -0.469 e. The molecular weight excluding hydrogens is 301 g/mol. The highest BCUT2D eigenvalue weighted by Crippen LogP contribution is 2.22. The van der Waals surface area contributed by atoms with Crippen molar-refractivity contribution in [2.24, 2.45) is 5.92 Å². The van der Waals surface area contributed by atoms with Crippen LogP contribution in [0.2, 0.25) is 0 Å². The smallest absolute Gasteiger partial charge is 0.310 e. The molecule has 23 heavy (non-hydrogen) atoms. The average molecular weight is 319 g/mol. The number of esters is 1. The molecule has 0 unspecified atom stereocenters. The van der Waals surface area contributed by atoms with Crippen LogP contribution >= 0.6 is 0 Å². The summed E-state index contributed by atoms with van der Waals surface area (Å²) in [6.45, 7) is 1.91. The van der Waals surface area contributed by atoms with Gasteiger partial charge in [0.1, 0.15) is 5.82 Å². The van der Waals surface area contributed by atoms with Crippen LogP contribution in [0.25, 0.3) is 11.3 Å². The predicted molar refractivity (Wildman–Crippen MR) is 82.1 cm³/mol.